The standard InChI is InChI=1S/C14H16F2N2O2/c15-10-3-1-2-9(14(10)16)6-13(19)18-4-5-20-12-8-17-7-11(12)18/h1-3,11-12,17H,4-8H2/t11-,12+/m1/s1. The summed E-state index contributed by atoms with van der Waals surface area (Å²) < 4.78 is 32.4. The zero-order valence-corrected chi connectivity index (χ0v) is 10.9. The van der Waals surface area contributed by atoms with Crippen LogP contribution in [0.5, 0.6) is 0 Å². The predicted octanol–water partition coefficient (Wildman–Crippen LogP) is 0.706. The van der Waals surface area contributed by atoms with Crippen LogP contribution in [-0.2, 0) is 16.0 Å². The highest BCUT2D eigenvalue weighted by atomic mass is 19.2. The molecule has 2 heterocycles. The Morgan fingerprint density at radius 2 is 2.25 bits per heavy atom. The van der Waals surface area contributed by atoms with Crippen molar-refractivity contribution >= 4 is 5.91 Å². The highest BCUT2D eigenvalue weighted by Crippen LogP contribution is 2.20. The molecule has 4 nitrogen and oxygen atoms in total. The zero-order valence-electron chi connectivity index (χ0n) is 10.9. The van der Waals surface area contributed by atoms with Crippen LogP contribution in [0.2, 0.25) is 0 Å². The minimum Gasteiger partial charge on any atom is -0.373 e. The second-order valence-electron chi connectivity index (χ2n) is 5.11. The first-order chi connectivity index (χ1) is 9.66. The van der Waals surface area contributed by atoms with Crippen molar-refractivity contribution in [3.05, 3.63) is 35.4 Å². The Morgan fingerprint density at radius 1 is 1.40 bits per heavy atom. The molecular formula is C14H16F2N2O2. The monoisotopic (exact) mass is 282 g/mol. The highest BCUT2D eigenvalue weighted by molar-refractivity contribution is 5.79. The van der Waals surface area contributed by atoms with E-state index in [0.717, 1.165) is 12.6 Å². The summed E-state index contributed by atoms with van der Waals surface area (Å²) in [6, 6.07) is 3.91. The predicted molar refractivity (Wildman–Crippen MR) is 68.2 cm³/mol. The summed E-state index contributed by atoms with van der Waals surface area (Å²) in [7, 11) is 0. The number of hydrogen-bond donors (Lipinski definition) is 1. The van der Waals surface area contributed by atoms with Crippen molar-refractivity contribution in [2.24, 2.45) is 0 Å². The Labute approximate surface area is 115 Å². The van der Waals surface area contributed by atoms with Gasteiger partial charge in [0.25, 0.3) is 0 Å². The molecule has 2 saturated heterocycles. The number of hydrogen-bond acceptors (Lipinski definition) is 3. The Balaban J connectivity index is 1.74. The van der Waals surface area contributed by atoms with Crippen LogP contribution in [-0.4, -0.2) is 49.2 Å². The van der Waals surface area contributed by atoms with Crippen molar-refractivity contribution in [2.45, 2.75) is 18.6 Å². The van der Waals surface area contributed by atoms with Crippen LogP contribution in [0, 0.1) is 11.6 Å². The molecule has 2 atom stereocenters. The molecule has 1 N–H and O–H groups in total. The minimum absolute atomic E-state index is 0.00468. The maximum absolute atomic E-state index is 13.6. The van der Waals surface area contributed by atoms with Crippen molar-refractivity contribution in [2.75, 3.05) is 26.2 Å². The van der Waals surface area contributed by atoms with Gasteiger partial charge in [0.05, 0.1) is 25.2 Å². The van der Waals surface area contributed by atoms with E-state index >= 15 is 0 Å². The van der Waals surface area contributed by atoms with E-state index in [9.17, 15) is 13.6 Å². The van der Waals surface area contributed by atoms with Gasteiger partial charge in [-0.05, 0) is 6.07 Å². The van der Waals surface area contributed by atoms with Crippen LogP contribution >= 0.6 is 0 Å². The highest BCUT2D eigenvalue weighted by Gasteiger charge is 2.38. The SMILES string of the molecule is O=C(Cc1cccc(F)c1F)N1CCO[C@H]2CNC[C@H]21. The van der Waals surface area contributed by atoms with Crippen molar-refractivity contribution < 1.29 is 18.3 Å². The van der Waals surface area contributed by atoms with Gasteiger partial charge in [0.2, 0.25) is 5.91 Å². The molecule has 0 aliphatic carbocycles. The molecular weight excluding hydrogens is 266 g/mol. The molecule has 3 rings (SSSR count). The van der Waals surface area contributed by atoms with Gasteiger partial charge in [-0.2, -0.15) is 0 Å². The van der Waals surface area contributed by atoms with Crippen molar-refractivity contribution in [1.82, 2.24) is 10.2 Å². The lowest BCUT2D eigenvalue weighted by Gasteiger charge is -2.37. The summed E-state index contributed by atoms with van der Waals surface area (Å²) in [6.07, 6.45) is -0.114. The van der Waals surface area contributed by atoms with E-state index in [4.69, 9.17) is 4.74 Å². The number of nitrogens with one attached hydrogen (secondary N) is 1. The van der Waals surface area contributed by atoms with Gasteiger partial charge >= 0.3 is 0 Å². The molecule has 1 aromatic rings. The van der Waals surface area contributed by atoms with E-state index in [1.54, 1.807) is 4.90 Å². The van der Waals surface area contributed by atoms with Crippen LogP contribution in [0.3, 0.4) is 0 Å². The van der Waals surface area contributed by atoms with Gasteiger partial charge in [0.1, 0.15) is 0 Å². The van der Waals surface area contributed by atoms with E-state index < -0.39 is 11.6 Å². The van der Waals surface area contributed by atoms with E-state index in [1.807, 2.05) is 0 Å². The fraction of sp³-hybridized carbons (Fsp3) is 0.500. The van der Waals surface area contributed by atoms with Crippen molar-refractivity contribution in [3.8, 4) is 0 Å². The molecule has 1 amide bonds. The number of benzene rings is 1. The molecule has 0 bridgehead atoms. The average Bonchev–Trinajstić information content (AvgIpc) is 2.92. The van der Waals surface area contributed by atoms with Crippen molar-refractivity contribution in [1.29, 1.82) is 0 Å². The second kappa shape index (κ2) is 5.46. The van der Waals surface area contributed by atoms with E-state index in [0.29, 0.717) is 19.7 Å². The molecule has 2 aliphatic rings. The van der Waals surface area contributed by atoms with E-state index in [1.165, 1.54) is 12.1 Å². The summed E-state index contributed by atoms with van der Waals surface area (Å²) in [5.41, 5.74) is 0.101. The molecule has 0 unspecified atom stereocenters. The third-order valence-electron chi connectivity index (χ3n) is 3.89. The molecule has 2 fully saturated rings. The lowest BCUT2D eigenvalue weighted by Crippen LogP contribution is -2.53. The zero-order chi connectivity index (χ0) is 14.1. The largest absolute Gasteiger partial charge is 0.373 e. The molecule has 20 heavy (non-hydrogen) atoms. The first-order valence-corrected chi connectivity index (χ1v) is 6.71. The minimum atomic E-state index is -0.935. The number of halogens is 2. The summed E-state index contributed by atoms with van der Waals surface area (Å²) in [6.45, 7) is 2.39. The van der Waals surface area contributed by atoms with Gasteiger partial charge in [-0.15, -0.1) is 0 Å². The normalized spacial score (nSPS) is 25.6. The van der Waals surface area contributed by atoms with E-state index in [2.05, 4.69) is 5.32 Å². The number of fused-ring (bicyclic) bond motifs is 1. The van der Waals surface area contributed by atoms with Crippen molar-refractivity contribution in [3.63, 3.8) is 0 Å². The molecule has 0 saturated carbocycles. The molecule has 1 aromatic carbocycles. The first kappa shape index (κ1) is 13.5. The number of ether oxygens (including phenoxy) is 1. The third-order valence-corrected chi connectivity index (χ3v) is 3.89. The van der Waals surface area contributed by atoms with Gasteiger partial charge in [-0.3, -0.25) is 4.79 Å². The number of carbonyl (C=O) groups is 1. The van der Waals surface area contributed by atoms with Gasteiger partial charge in [0, 0.05) is 25.2 Å². The van der Waals surface area contributed by atoms with Crippen LogP contribution in [0.25, 0.3) is 0 Å². The Morgan fingerprint density at radius 3 is 3.10 bits per heavy atom. The molecule has 0 radical (unpaired) electrons. The fourth-order valence-electron chi connectivity index (χ4n) is 2.85. The fourth-order valence-corrected chi connectivity index (χ4v) is 2.85. The summed E-state index contributed by atoms with van der Waals surface area (Å²) in [4.78, 5) is 14.0. The lowest BCUT2D eigenvalue weighted by atomic mass is 10.1. The average molecular weight is 282 g/mol. The Hall–Kier alpha value is -1.53. The molecule has 108 valence electrons. The lowest BCUT2D eigenvalue weighted by molar-refractivity contribution is -0.142. The van der Waals surface area contributed by atoms with Crippen LogP contribution in [0.4, 0.5) is 8.78 Å². The Kier molecular flexibility index (Phi) is 3.67. The number of rotatable bonds is 2. The quantitative estimate of drug-likeness (QED) is 0.868. The number of carbonyl (C=O) groups excluding carboxylic acids is 1. The maximum Gasteiger partial charge on any atom is 0.227 e. The summed E-state index contributed by atoms with van der Waals surface area (Å²) >= 11 is 0. The summed E-state index contributed by atoms with van der Waals surface area (Å²) in [5.74, 6) is -2.04. The number of amides is 1. The number of nitrogens with zero attached hydrogens (tertiary/aromatic N) is 1. The van der Waals surface area contributed by atoms with Gasteiger partial charge in [-0.25, -0.2) is 8.78 Å². The van der Waals surface area contributed by atoms with E-state index in [-0.39, 0.29) is 30.0 Å². The second-order valence-corrected chi connectivity index (χ2v) is 5.11. The maximum atomic E-state index is 13.6. The Bertz CT molecular complexity index is 524. The molecule has 2 aliphatic heterocycles. The number of morpholine rings is 1. The molecule has 0 aromatic heterocycles. The van der Waals surface area contributed by atoms with Gasteiger partial charge in [-0.1, -0.05) is 12.1 Å². The molecule has 6 heteroatoms. The topological polar surface area (TPSA) is 41.6 Å². The smallest absolute Gasteiger partial charge is 0.227 e. The third kappa shape index (κ3) is 2.41. The van der Waals surface area contributed by atoms with Gasteiger partial charge < -0.3 is 15.0 Å². The van der Waals surface area contributed by atoms with Crippen LogP contribution in [0.15, 0.2) is 18.2 Å². The van der Waals surface area contributed by atoms with Gasteiger partial charge in [0.15, 0.2) is 11.6 Å². The van der Waals surface area contributed by atoms with Crippen LogP contribution < -0.4 is 5.32 Å². The first-order valence-electron chi connectivity index (χ1n) is 6.71. The molecule has 0 spiro atoms. The summed E-state index contributed by atoms with van der Waals surface area (Å²) in [5, 5.41) is 3.18. The van der Waals surface area contributed by atoms with Crippen LogP contribution in [0.1, 0.15) is 5.56 Å².